The number of aryl methyl sites for hydroxylation is 1. The summed E-state index contributed by atoms with van der Waals surface area (Å²) in [7, 11) is -3.53. The van der Waals surface area contributed by atoms with Crippen LogP contribution in [0.3, 0.4) is 0 Å². The van der Waals surface area contributed by atoms with E-state index >= 15 is 0 Å². The number of hydrogen-bond acceptors (Lipinski definition) is 6. The molecule has 1 aliphatic rings. The normalized spacial score (nSPS) is 15.9. The molecule has 1 N–H and O–H groups in total. The van der Waals surface area contributed by atoms with E-state index in [2.05, 4.69) is 5.32 Å². The van der Waals surface area contributed by atoms with Gasteiger partial charge in [0, 0.05) is 10.9 Å². The average molecular weight is 398 g/mol. The molecule has 0 fully saturated rings. The van der Waals surface area contributed by atoms with Crippen LogP contribution in [0.15, 0.2) is 48.5 Å². The number of fused-ring (bicyclic) bond motifs is 3. The zero-order valence-electron chi connectivity index (χ0n) is 16.1. The highest BCUT2D eigenvalue weighted by Gasteiger charge is 2.41. The minimum atomic E-state index is -3.53. The average Bonchev–Trinajstić information content (AvgIpc) is 2.83. The summed E-state index contributed by atoms with van der Waals surface area (Å²) in [5, 5.41) is 4.26. The van der Waals surface area contributed by atoms with Gasteiger partial charge in [-0.25, -0.2) is 4.98 Å². The SMILES string of the molecule is CCOP(=O)(OCC)C1Nc2ccccc2Oc2nc3cc(C)ccc3cc21. The van der Waals surface area contributed by atoms with Crippen LogP contribution in [0, 0.1) is 6.92 Å². The predicted molar refractivity (Wildman–Crippen MR) is 110 cm³/mol. The Morgan fingerprint density at radius 3 is 2.61 bits per heavy atom. The smallest absolute Gasteiger partial charge is 0.357 e. The van der Waals surface area contributed by atoms with Crippen molar-refractivity contribution in [2.45, 2.75) is 26.6 Å². The van der Waals surface area contributed by atoms with E-state index in [1.54, 1.807) is 13.8 Å². The van der Waals surface area contributed by atoms with Crippen molar-refractivity contribution in [3.63, 3.8) is 0 Å². The van der Waals surface area contributed by atoms with Gasteiger partial charge in [-0.15, -0.1) is 0 Å². The maximum atomic E-state index is 13.7. The monoisotopic (exact) mass is 398 g/mol. The van der Waals surface area contributed by atoms with Gasteiger partial charge in [0.05, 0.1) is 24.4 Å². The molecule has 0 saturated heterocycles. The van der Waals surface area contributed by atoms with Crippen LogP contribution in [0.25, 0.3) is 10.9 Å². The van der Waals surface area contributed by atoms with Crippen LogP contribution in [-0.4, -0.2) is 18.2 Å². The van der Waals surface area contributed by atoms with Gasteiger partial charge in [-0.3, -0.25) is 4.57 Å². The Bertz CT molecular complexity index is 1060. The first-order chi connectivity index (χ1) is 13.5. The molecule has 0 bridgehead atoms. The first-order valence-corrected chi connectivity index (χ1v) is 11.0. The second-order valence-corrected chi connectivity index (χ2v) is 8.71. The number of hydrogen-bond donors (Lipinski definition) is 1. The third-order valence-corrected chi connectivity index (χ3v) is 6.86. The van der Waals surface area contributed by atoms with Gasteiger partial charge in [0.25, 0.3) is 0 Å². The number of para-hydroxylation sites is 2. The zero-order chi connectivity index (χ0) is 19.7. The molecule has 6 nitrogen and oxygen atoms in total. The van der Waals surface area contributed by atoms with Gasteiger partial charge in [-0.1, -0.05) is 24.3 Å². The Hall–Kier alpha value is -2.40. The van der Waals surface area contributed by atoms with Crippen LogP contribution in [0.4, 0.5) is 5.69 Å². The highest BCUT2D eigenvalue weighted by Crippen LogP contribution is 2.63. The highest BCUT2D eigenvalue weighted by atomic mass is 31.2. The van der Waals surface area contributed by atoms with Gasteiger partial charge in [0.2, 0.25) is 5.88 Å². The van der Waals surface area contributed by atoms with Gasteiger partial charge >= 0.3 is 7.60 Å². The first kappa shape index (κ1) is 18.9. The molecule has 0 amide bonds. The molecule has 1 aromatic heterocycles. The quantitative estimate of drug-likeness (QED) is 0.530. The summed E-state index contributed by atoms with van der Waals surface area (Å²) in [6.07, 6.45) is 0. The fourth-order valence-electron chi connectivity index (χ4n) is 3.35. The Morgan fingerprint density at radius 1 is 1.11 bits per heavy atom. The van der Waals surface area contributed by atoms with Gasteiger partial charge in [0.1, 0.15) is 0 Å². The van der Waals surface area contributed by atoms with E-state index in [0.29, 0.717) is 22.9 Å². The molecule has 0 saturated carbocycles. The van der Waals surface area contributed by atoms with Gasteiger partial charge in [-0.2, -0.15) is 0 Å². The van der Waals surface area contributed by atoms with Crippen LogP contribution in [0.5, 0.6) is 11.6 Å². The largest absolute Gasteiger partial charge is 0.436 e. The molecular formula is C21H23N2O4P. The molecule has 0 aliphatic carbocycles. The van der Waals surface area contributed by atoms with Gasteiger partial charge < -0.3 is 19.1 Å². The summed E-state index contributed by atoms with van der Waals surface area (Å²) in [6.45, 7) is 6.16. The van der Waals surface area contributed by atoms with Crippen molar-refractivity contribution in [1.82, 2.24) is 4.98 Å². The van der Waals surface area contributed by atoms with Crippen molar-refractivity contribution >= 4 is 24.2 Å². The molecule has 146 valence electrons. The summed E-state index contributed by atoms with van der Waals surface area (Å²) in [6, 6.07) is 15.5. The lowest BCUT2D eigenvalue weighted by Gasteiger charge is -2.27. The minimum absolute atomic E-state index is 0.271. The third kappa shape index (κ3) is 3.39. The second kappa shape index (κ2) is 7.55. The Balaban J connectivity index is 1.95. The molecule has 4 rings (SSSR count). The van der Waals surface area contributed by atoms with Crippen LogP contribution in [-0.2, 0) is 13.6 Å². The molecule has 1 atom stereocenters. The maximum absolute atomic E-state index is 13.7. The standard InChI is InChI=1S/C21H23N2O4P/c1-4-25-28(24,26-5-2)21-16-13-15-11-10-14(3)12-18(15)22-20(16)27-19-9-7-6-8-17(19)23-21/h6-13,21,23H,4-5H2,1-3H3. The van der Waals surface area contributed by atoms with Crippen molar-refractivity contribution in [3.05, 3.63) is 59.7 Å². The van der Waals surface area contributed by atoms with E-state index in [0.717, 1.165) is 16.5 Å². The highest BCUT2D eigenvalue weighted by molar-refractivity contribution is 7.54. The van der Waals surface area contributed by atoms with E-state index < -0.39 is 13.4 Å². The number of nitrogens with zero attached hydrogens (tertiary/aromatic N) is 1. The number of ether oxygens (including phenoxy) is 1. The summed E-state index contributed by atoms with van der Waals surface area (Å²) in [5.41, 5.74) is 3.29. The summed E-state index contributed by atoms with van der Waals surface area (Å²) in [5.74, 6) is 0.287. The van der Waals surface area contributed by atoms with Crippen molar-refractivity contribution < 1.29 is 18.3 Å². The molecule has 28 heavy (non-hydrogen) atoms. The number of nitrogens with one attached hydrogen (secondary N) is 1. The molecule has 2 heterocycles. The summed E-state index contributed by atoms with van der Waals surface area (Å²) >= 11 is 0. The predicted octanol–water partition coefficient (Wildman–Crippen LogP) is 6.03. The minimum Gasteiger partial charge on any atom is -0.436 e. The van der Waals surface area contributed by atoms with Crippen molar-refractivity contribution in [2.75, 3.05) is 18.5 Å². The Kier molecular flexibility index (Phi) is 5.11. The van der Waals surface area contributed by atoms with E-state index in [9.17, 15) is 4.57 Å². The number of pyridine rings is 1. The third-order valence-electron chi connectivity index (χ3n) is 4.58. The van der Waals surface area contributed by atoms with E-state index in [4.69, 9.17) is 18.8 Å². The fourth-order valence-corrected chi connectivity index (χ4v) is 5.27. The van der Waals surface area contributed by atoms with E-state index in [-0.39, 0.29) is 13.2 Å². The number of benzene rings is 2. The Labute approximate surface area is 164 Å². The molecule has 3 aromatic rings. The lowest BCUT2D eigenvalue weighted by Crippen LogP contribution is -2.15. The van der Waals surface area contributed by atoms with Crippen LogP contribution in [0.1, 0.15) is 30.8 Å². The topological polar surface area (TPSA) is 69.7 Å². The molecule has 0 spiro atoms. The summed E-state index contributed by atoms with van der Waals surface area (Å²) in [4.78, 5) is 4.73. The van der Waals surface area contributed by atoms with Crippen molar-refractivity contribution in [1.29, 1.82) is 0 Å². The van der Waals surface area contributed by atoms with E-state index in [1.165, 1.54) is 0 Å². The first-order valence-electron chi connectivity index (χ1n) is 9.37. The molecular weight excluding hydrogens is 375 g/mol. The fraction of sp³-hybridized carbons (Fsp3) is 0.286. The van der Waals surface area contributed by atoms with E-state index in [1.807, 2.05) is 55.5 Å². The van der Waals surface area contributed by atoms with Crippen LogP contribution < -0.4 is 10.1 Å². The number of aromatic nitrogens is 1. The molecule has 0 radical (unpaired) electrons. The van der Waals surface area contributed by atoms with Crippen LogP contribution in [0.2, 0.25) is 0 Å². The number of rotatable bonds is 5. The lowest BCUT2D eigenvalue weighted by atomic mass is 10.1. The molecule has 1 aliphatic heterocycles. The van der Waals surface area contributed by atoms with Crippen LogP contribution >= 0.6 is 7.60 Å². The zero-order valence-corrected chi connectivity index (χ0v) is 17.0. The van der Waals surface area contributed by atoms with Gasteiger partial charge in [-0.05, 0) is 50.6 Å². The van der Waals surface area contributed by atoms with Crippen molar-refractivity contribution in [3.8, 4) is 11.6 Å². The second-order valence-electron chi connectivity index (χ2n) is 6.60. The van der Waals surface area contributed by atoms with Gasteiger partial charge in [0.15, 0.2) is 11.5 Å². The molecule has 2 aromatic carbocycles. The lowest BCUT2D eigenvalue weighted by molar-refractivity contribution is 0.214. The maximum Gasteiger partial charge on any atom is 0.357 e. The van der Waals surface area contributed by atoms with Crippen molar-refractivity contribution in [2.24, 2.45) is 0 Å². The molecule has 1 unspecified atom stereocenters. The Morgan fingerprint density at radius 2 is 1.86 bits per heavy atom. The summed E-state index contributed by atoms with van der Waals surface area (Å²) < 4.78 is 31.1. The molecule has 7 heteroatoms. The number of anilines is 1.